The van der Waals surface area contributed by atoms with Gasteiger partial charge in [0.15, 0.2) is 0 Å². The second-order valence-electron chi connectivity index (χ2n) is 6.90. The van der Waals surface area contributed by atoms with E-state index in [0.717, 1.165) is 12.8 Å². The predicted octanol–water partition coefficient (Wildman–Crippen LogP) is 3.99. The van der Waals surface area contributed by atoms with Crippen molar-refractivity contribution in [2.45, 2.75) is 78.9 Å². The standard InChI is InChI=1S/C16H32O3/c1-8-9-13(2)14(17)12-16(6,7)19-11-10-18-15(3,4)5/h13H,8-12H2,1-7H3. The molecule has 0 fully saturated rings. The molecule has 0 aliphatic carbocycles. The van der Waals surface area contributed by atoms with Gasteiger partial charge in [-0.3, -0.25) is 4.79 Å². The molecule has 0 amide bonds. The molecule has 0 N–H and O–H groups in total. The van der Waals surface area contributed by atoms with Crippen LogP contribution in [-0.4, -0.2) is 30.2 Å². The fourth-order valence-electron chi connectivity index (χ4n) is 1.90. The van der Waals surface area contributed by atoms with Crippen molar-refractivity contribution < 1.29 is 14.3 Å². The highest BCUT2D eigenvalue weighted by atomic mass is 16.5. The minimum absolute atomic E-state index is 0.138. The van der Waals surface area contributed by atoms with Gasteiger partial charge in [0.1, 0.15) is 5.78 Å². The number of ether oxygens (including phenoxy) is 2. The van der Waals surface area contributed by atoms with Crippen molar-refractivity contribution in [2.24, 2.45) is 5.92 Å². The van der Waals surface area contributed by atoms with Gasteiger partial charge in [0.05, 0.1) is 24.4 Å². The Hall–Kier alpha value is -0.410. The average molecular weight is 272 g/mol. The lowest BCUT2D eigenvalue weighted by molar-refractivity contribution is -0.131. The maximum atomic E-state index is 12.0. The summed E-state index contributed by atoms with van der Waals surface area (Å²) in [5.41, 5.74) is -0.542. The van der Waals surface area contributed by atoms with E-state index in [1.165, 1.54) is 0 Å². The highest BCUT2D eigenvalue weighted by molar-refractivity contribution is 5.81. The summed E-state index contributed by atoms with van der Waals surface area (Å²) in [7, 11) is 0. The van der Waals surface area contributed by atoms with E-state index in [4.69, 9.17) is 9.47 Å². The number of hydrogen-bond acceptors (Lipinski definition) is 3. The van der Waals surface area contributed by atoms with Crippen LogP contribution in [0, 0.1) is 5.92 Å². The van der Waals surface area contributed by atoms with Crippen molar-refractivity contribution in [2.75, 3.05) is 13.2 Å². The molecule has 0 bridgehead atoms. The van der Waals surface area contributed by atoms with E-state index in [0.29, 0.717) is 25.4 Å². The first-order valence-corrected chi connectivity index (χ1v) is 7.38. The van der Waals surface area contributed by atoms with Crippen molar-refractivity contribution in [3.63, 3.8) is 0 Å². The zero-order valence-electron chi connectivity index (χ0n) is 13.8. The molecule has 0 spiro atoms. The molecule has 1 unspecified atom stereocenters. The molecule has 0 radical (unpaired) electrons. The molecule has 0 aromatic carbocycles. The van der Waals surface area contributed by atoms with Crippen LogP contribution in [-0.2, 0) is 14.3 Å². The van der Waals surface area contributed by atoms with Crippen molar-refractivity contribution >= 4 is 5.78 Å². The first-order valence-electron chi connectivity index (χ1n) is 7.38. The minimum Gasteiger partial charge on any atom is -0.373 e. The molecule has 0 rings (SSSR count). The summed E-state index contributed by atoms with van der Waals surface area (Å²) in [5.74, 6) is 0.433. The van der Waals surface area contributed by atoms with Crippen LogP contribution in [0.5, 0.6) is 0 Å². The molecular weight excluding hydrogens is 240 g/mol. The normalized spacial score (nSPS) is 14.5. The first kappa shape index (κ1) is 18.6. The largest absolute Gasteiger partial charge is 0.373 e. The average Bonchev–Trinajstić information content (AvgIpc) is 2.23. The van der Waals surface area contributed by atoms with Crippen LogP contribution < -0.4 is 0 Å². The maximum Gasteiger partial charge on any atom is 0.138 e. The third-order valence-electron chi connectivity index (χ3n) is 2.98. The molecule has 3 heteroatoms. The Morgan fingerprint density at radius 2 is 1.58 bits per heavy atom. The zero-order valence-corrected chi connectivity index (χ0v) is 13.8. The number of carbonyl (C=O) groups is 1. The molecular formula is C16H32O3. The van der Waals surface area contributed by atoms with Gasteiger partial charge < -0.3 is 9.47 Å². The number of ketones is 1. The van der Waals surface area contributed by atoms with Crippen LogP contribution in [0.25, 0.3) is 0 Å². The highest BCUT2D eigenvalue weighted by Crippen LogP contribution is 2.20. The Morgan fingerprint density at radius 3 is 2.05 bits per heavy atom. The SMILES string of the molecule is CCCC(C)C(=O)CC(C)(C)OCCOC(C)(C)C. The lowest BCUT2D eigenvalue weighted by Crippen LogP contribution is -2.32. The van der Waals surface area contributed by atoms with Crippen LogP contribution >= 0.6 is 0 Å². The zero-order chi connectivity index (χ0) is 15.1. The summed E-state index contributed by atoms with van der Waals surface area (Å²) in [6.45, 7) is 15.2. The third kappa shape index (κ3) is 10.1. The molecule has 0 aliphatic heterocycles. The monoisotopic (exact) mass is 272 g/mol. The third-order valence-corrected chi connectivity index (χ3v) is 2.98. The lowest BCUT2D eigenvalue weighted by atomic mass is 9.92. The summed E-state index contributed by atoms with van der Waals surface area (Å²) < 4.78 is 11.4. The molecule has 0 aliphatic rings. The Morgan fingerprint density at radius 1 is 1.05 bits per heavy atom. The lowest BCUT2D eigenvalue weighted by Gasteiger charge is -2.27. The van der Waals surface area contributed by atoms with Gasteiger partial charge >= 0.3 is 0 Å². The Kier molecular flexibility index (Phi) is 7.83. The summed E-state index contributed by atoms with van der Waals surface area (Å²) in [4.78, 5) is 12.0. The fourth-order valence-corrected chi connectivity index (χ4v) is 1.90. The summed E-state index contributed by atoms with van der Waals surface area (Å²) in [5, 5.41) is 0. The van der Waals surface area contributed by atoms with Crippen molar-refractivity contribution in [3.05, 3.63) is 0 Å². The first-order chi connectivity index (χ1) is 8.57. The van der Waals surface area contributed by atoms with Gasteiger partial charge in [0.2, 0.25) is 0 Å². The quantitative estimate of drug-likeness (QED) is 0.595. The van der Waals surface area contributed by atoms with Crippen molar-refractivity contribution in [3.8, 4) is 0 Å². The number of rotatable bonds is 9. The van der Waals surface area contributed by atoms with E-state index in [1.807, 2.05) is 41.5 Å². The molecule has 0 heterocycles. The molecule has 0 saturated carbocycles. The fraction of sp³-hybridized carbons (Fsp3) is 0.938. The van der Waals surface area contributed by atoms with E-state index in [-0.39, 0.29) is 11.5 Å². The number of carbonyl (C=O) groups excluding carboxylic acids is 1. The van der Waals surface area contributed by atoms with Gasteiger partial charge in [-0.25, -0.2) is 0 Å². The van der Waals surface area contributed by atoms with E-state index in [2.05, 4.69) is 6.92 Å². The van der Waals surface area contributed by atoms with Crippen molar-refractivity contribution in [1.82, 2.24) is 0 Å². The summed E-state index contributed by atoms with van der Waals surface area (Å²) >= 11 is 0. The van der Waals surface area contributed by atoms with E-state index in [1.54, 1.807) is 0 Å². The van der Waals surface area contributed by atoms with Crippen LogP contribution in [0.2, 0.25) is 0 Å². The topological polar surface area (TPSA) is 35.5 Å². The Bertz CT molecular complexity index is 264. The van der Waals surface area contributed by atoms with Gasteiger partial charge in [-0.15, -0.1) is 0 Å². The Balaban J connectivity index is 4.01. The van der Waals surface area contributed by atoms with Crippen LogP contribution in [0.15, 0.2) is 0 Å². The minimum atomic E-state index is -0.402. The van der Waals surface area contributed by atoms with Gasteiger partial charge in [0.25, 0.3) is 0 Å². The predicted molar refractivity (Wildman–Crippen MR) is 79.4 cm³/mol. The van der Waals surface area contributed by atoms with Crippen molar-refractivity contribution in [1.29, 1.82) is 0 Å². The molecule has 19 heavy (non-hydrogen) atoms. The smallest absolute Gasteiger partial charge is 0.138 e. The van der Waals surface area contributed by atoms with Crippen LogP contribution in [0.4, 0.5) is 0 Å². The summed E-state index contributed by atoms with van der Waals surface area (Å²) in [6, 6.07) is 0. The summed E-state index contributed by atoms with van der Waals surface area (Å²) in [6.07, 6.45) is 2.49. The molecule has 114 valence electrons. The second kappa shape index (κ2) is 8.01. The molecule has 1 atom stereocenters. The molecule has 0 aromatic heterocycles. The highest BCUT2D eigenvalue weighted by Gasteiger charge is 2.25. The van der Waals surface area contributed by atoms with Gasteiger partial charge in [-0.05, 0) is 41.0 Å². The second-order valence-corrected chi connectivity index (χ2v) is 6.90. The van der Waals surface area contributed by atoms with E-state index in [9.17, 15) is 4.79 Å². The van der Waals surface area contributed by atoms with Crippen LogP contribution in [0.1, 0.15) is 67.7 Å². The van der Waals surface area contributed by atoms with E-state index >= 15 is 0 Å². The Labute approximate surface area is 119 Å². The molecule has 0 saturated heterocycles. The maximum absolute atomic E-state index is 12.0. The van der Waals surface area contributed by atoms with Gasteiger partial charge in [-0.1, -0.05) is 20.3 Å². The van der Waals surface area contributed by atoms with Gasteiger partial charge in [0, 0.05) is 12.3 Å². The number of hydrogen-bond donors (Lipinski definition) is 0. The number of Topliss-reactive ketones (excluding diaryl/α,β-unsaturated/α-hetero) is 1. The van der Waals surface area contributed by atoms with E-state index < -0.39 is 5.60 Å². The van der Waals surface area contributed by atoms with Crippen LogP contribution in [0.3, 0.4) is 0 Å². The molecule has 3 nitrogen and oxygen atoms in total. The van der Waals surface area contributed by atoms with Gasteiger partial charge in [-0.2, -0.15) is 0 Å². The molecule has 0 aromatic rings.